The van der Waals surface area contributed by atoms with Gasteiger partial charge in [-0.3, -0.25) is 9.78 Å². The van der Waals surface area contributed by atoms with Gasteiger partial charge in [0.1, 0.15) is 5.75 Å². The van der Waals surface area contributed by atoms with Crippen LogP contribution in [0, 0.1) is 0 Å². The van der Waals surface area contributed by atoms with Gasteiger partial charge < -0.3 is 16.2 Å². The van der Waals surface area contributed by atoms with Crippen LogP contribution in [0.25, 0.3) is 0 Å². The summed E-state index contributed by atoms with van der Waals surface area (Å²) in [6.45, 7) is 3.51. The molecular formula is C11H17N3O2. The van der Waals surface area contributed by atoms with Gasteiger partial charge in [-0.1, -0.05) is 0 Å². The summed E-state index contributed by atoms with van der Waals surface area (Å²) in [5.41, 5.74) is 11.6. The predicted molar refractivity (Wildman–Crippen MR) is 60.9 cm³/mol. The van der Waals surface area contributed by atoms with Crippen LogP contribution in [0.15, 0.2) is 18.3 Å². The molecule has 0 spiro atoms. The maximum absolute atomic E-state index is 10.8. The molecule has 0 aliphatic heterocycles. The second-order valence-corrected chi connectivity index (χ2v) is 3.83. The quantitative estimate of drug-likeness (QED) is 0.747. The first-order chi connectivity index (χ1) is 7.49. The Morgan fingerprint density at radius 2 is 2.19 bits per heavy atom. The topological polar surface area (TPSA) is 91.2 Å². The summed E-state index contributed by atoms with van der Waals surface area (Å²) in [6, 6.07) is 3.65. The molecule has 0 bridgehead atoms. The summed E-state index contributed by atoms with van der Waals surface area (Å²) in [5, 5.41) is 0. The fourth-order valence-electron chi connectivity index (χ4n) is 1.19. The highest BCUT2D eigenvalue weighted by atomic mass is 16.5. The summed E-state index contributed by atoms with van der Waals surface area (Å²) >= 11 is 0. The van der Waals surface area contributed by atoms with Crippen LogP contribution in [-0.4, -0.2) is 23.0 Å². The van der Waals surface area contributed by atoms with Crippen LogP contribution in [0.5, 0.6) is 5.75 Å². The maximum atomic E-state index is 10.8. The van der Waals surface area contributed by atoms with Crippen LogP contribution in [-0.2, 0) is 11.2 Å². The molecular weight excluding hydrogens is 206 g/mol. The molecule has 2 unspecified atom stereocenters. The molecule has 0 aromatic carbocycles. The molecule has 1 aromatic rings. The largest absolute Gasteiger partial charge is 0.479 e. The summed E-state index contributed by atoms with van der Waals surface area (Å²) in [7, 11) is 0. The molecule has 0 saturated heterocycles. The molecule has 1 amide bonds. The lowest BCUT2D eigenvalue weighted by Crippen LogP contribution is -2.30. The summed E-state index contributed by atoms with van der Waals surface area (Å²) in [4.78, 5) is 15.0. The Morgan fingerprint density at radius 1 is 1.50 bits per heavy atom. The molecule has 0 fully saturated rings. The normalized spacial score (nSPS) is 14.2. The molecule has 0 radical (unpaired) electrons. The standard InChI is InChI=1S/C11H17N3O2/c1-7(12)5-9-3-4-10(6-14-9)16-8(2)11(13)15/h3-4,6-8H,5,12H2,1-2H3,(H2,13,15). The molecule has 0 aliphatic rings. The van der Waals surface area contributed by atoms with Crippen molar-refractivity contribution in [3.63, 3.8) is 0 Å². The number of aromatic nitrogens is 1. The number of hydrogen-bond acceptors (Lipinski definition) is 4. The number of rotatable bonds is 5. The van der Waals surface area contributed by atoms with E-state index in [4.69, 9.17) is 16.2 Å². The second-order valence-electron chi connectivity index (χ2n) is 3.83. The number of carbonyl (C=O) groups excluding carboxylic acids is 1. The third-order valence-corrected chi connectivity index (χ3v) is 2.04. The van der Waals surface area contributed by atoms with Gasteiger partial charge in [0.2, 0.25) is 0 Å². The molecule has 1 aromatic heterocycles. The lowest BCUT2D eigenvalue weighted by molar-refractivity contribution is -0.123. The molecule has 5 nitrogen and oxygen atoms in total. The van der Waals surface area contributed by atoms with Crippen molar-refractivity contribution in [2.45, 2.75) is 32.4 Å². The van der Waals surface area contributed by atoms with Gasteiger partial charge in [0.25, 0.3) is 5.91 Å². The van der Waals surface area contributed by atoms with Gasteiger partial charge in [0, 0.05) is 18.2 Å². The van der Waals surface area contributed by atoms with Crippen molar-refractivity contribution in [3.05, 3.63) is 24.0 Å². The fraction of sp³-hybridized carbons (Fsp3) is 0.455. The Balaban J connectivity index is 2.61. The van der Waals surface area contributed by atoms with Gasteiger partial charge in [-0.15, -0.1) is 0 Å². The monoisotopic (exact) mass is 223 g/mol. The van der Waals surface area contributed by atoms with Crippen LogP contribution in [0.3, 0.4) is 0 Å². The first-order valence-corrected chi connectivity index (χ1v) is 5.15. The van der Waals surface area contributed by atoms with E-state index in [0.717, 1.165) is 5.69 Å². The first kappa shape index (κ1) is 12.4. The fourth-order valence-corrected chi connectivity index (χ4v) is 1.19. The molecule has 0 saturated carbocycles. The zero-order valence-electron chi connectivity index (χ0n) is 9.51. The Hall–Kier alpha value is -1.62. The third kappa shape index (κ3) is 3.86. The molecule has 4 N–H and O–H groups in total. The van der Waals surface area contributed by atoms with E-state index in [0.29, 0.717) is 12.2 Å². The molecule has 1 rings (SSSR count). The average molecular weight is 223 g/mol. The number of hydrogen-bond donors (Lipinski definition) is 2. The van der Waals surface area contributed by atoms with Crippen LogP contribution in [0.1, 0.15) is 19.5 Å². The lowest BCUT2D eigenvalue weighted by atomic mass is 10.2. The number of primary amides is 1. The van der Waals surface area contributed by atoms with Crippen LogP contribution < -0.4 is 16.2 Å². The first-order valence-electron chi connectivity index (χ1n) is 5.15. The Morgan fingerprint density at radius 3 is 2.62 bits per heavy atom. The van der Waals surface area contributed by atoms with Gasteiger partial charge in [0.15, 0.2) is 6.10 Å². The van der Waals surface area contributed by atoms with E-state index in [1.165, 1.54) is 0 Å². The van der Waals surface area contributed by atoms with Gasteiger partial charge in [-0.05, 0) is 26.0 Å². The highest BCUT2D eigenvalue weighted by molar-refractivity contribution is 5.78. The molecule has 88 valence electrons. The van der Waals surface area contributed by atoms with Crippen molar-refractivity contribution < 1.29 is 9.53 Å². The van der Waals surface area contributed by atoms with Crippen molar-refractivity contribution in [1.82, 2.24) is 4.98 Å². The molecule has 2 atom stereocenters. The van der Waals surface area contributed by atoms with Crippen molar-refractivity contribution >= 4 is 5.91 Å². The SMILES string of the molecule is CC(N)Cc1ccc(OC(C)C(N)=O)cn1. The number of pyridine rings is 1. The lowest BCUT2D eigenvalue weighted by Gasteiger charge is -2.11. The van der Waals surface area contributed by atoms with E-state index in [1.54, 1.807) is 19.2 Å². The number of nitrogens with zero attached hydrogens (tertiary/aromatic N) is 1. The minimum Gasteiger partial charge on any atom is -0.479 e. The zero-order chi connectivity index (χ0) is 12.1. The van der Waals surface area contributed by atoms with Gasteiger partial charge in [-0.25, -0.2) is 0 Å². The highest BCUT2D eigenvalue weighted by Crippen LogP contribution is 2.11. The van der Waals surface area contributed by atoms with Crippen molar-refractivity contribution in [2.75, 3.05) is 0 Å². The minimum atomic E-state index is -0.652. The predicted octanol–water partition coefficient (Wildman–Crippen LogP) is 0.224. The van der Waals surface area contributed by atoms with E-state index in [2.05, 4.69) is 4.98 Å². The smallest absolute Gasteiger partial charge is 0.258 e. The summed E-state index contributed by atoms with van der Waals surface area (Å²) < 4.78 is 5.27. The van der Waals surface area contributed by atoms with E-state index >= 15 is 0 Å². The Labute approximate surface area is 94.8 Å². The molecule has 0 aliphatic carbocycles. The molecule has 1 heterocycles. The van der Waals surface area contributed by atoms with E-state index in [1.807, 2.05) is 13.0 Å². The number of amides is 1. The van der Waals surface area contributed by atoms with E-state index in [-0.39, 0.29) is 6.04 Å². The number of carbonyl (C=O) groups is 1. The number of ether oxygens (including phenoxy) is 1. The summed E-state index contributed by atoms with van der Waals surface area (Å²) in [6.07, 6.45) is 1.63. The highest BCUT2D eigenvalue weighted by Gasteiger charge is 2.10. The van der Waals surface area contributed by atoms with Crippen LogP contribution in [0.4, 0.5) is 0 Å². The maximum Gasteiger partial charge on any atom is 0.258 e. The molecule has 5 heteroatoms. The Kier molecular flexibility index (Phi) is 4.25. The van der Waals surface area contributed by atoms with Gasteiger partial charge in [-0.2, -0.15) is 0 Å². The van der Waals surface area contributed by atoms with Gasteiger partial charge in [0.05, 0.1) is 6.20 Å². The summed E-state index contributed by atoms with van der Waals surface area (Å²) in [5.74, 6) is 0.0272. The van der Waals surface area contributed by atoms with Gasteiger partial charge >= 0.3 is 0 Å². The van der Waals surface area contributed by atoms with Crippen molar-refractivity contribution in [2.24, 2.45) is 11.5 Å². The van der Waals surface area contributed by atoms with Crippen molar-refractivity contribution in [3.8, 4) is 5.75 Å². The molecule has 16 heavy (non-hydrogen) atoms. The van der Waals surface area contributed by atoms with Crippen molar-refractivity contribution in [1.29, 1.82) is 0 Å². The van der Waals surface area contributed by atoms with E-state index < -0.39 is 12.0 Å². The Bertz CT molecular complexity index is 349. The zero-order valence-corrected chi connectivity index (χ0v) is 9.51. The third-order valence-electron chi connectivity index (χ3n) is 2.04. The average Bonchev–Trinajstić information content (AvgIpc) is 2.20. The number of nitrogens with two attached hydrogens (primary N) is 2. The van der Waals surface area contributed by atoms with Crippen LogP contribution in [0.2, 0.25) is 0 Å². The second kappa shape index (κ2) is 5.46. The van der Waals surface area contributed by atoms with Crippen LogP contribution >= 0.6 is 0 Å². The minimum absolute atomic E-state index is 0.0730. The van der Waals surface area contributed by atoms with E-state index in [9.17, 15) is 4.79 Å².